The zero-order valence-corrected chi connectivity index (χ0v) is 11.3. The second kappa shape index (κ2) is 5.88. The molecule has 0 radical (unpaired) electrons. The van der Waals surface area contributed by atoms with Gasteiger partial charge in [-0.3, -0.25) is 5.10 Å². The fraction of sp³-hybridized carbons (Fsp3) is 0.667. The van der Waals surface area contributed by atoms with Gasteiger partial charge in [0.05, 0.1) is 6.20 Å². The van der Waals surface area contributed by atoms with Crippen LogP contribution in [0.15, 0.2) is 11.2 Å². The quantitative estimate of drug-likeness (QED) is 0.811. The monoisotopic (exact) mass is 300 g/mol. The minimum absolute atomic E-state index is 0.189. The molecule has 0 aliphatic rings. The molecule has 0 aliphatic heterocycles. The van der Waals surface area contributed by atoms with Gasteiger partial charge < -0.3 is 5.32 Å². The summed E-state index contributed by atoms with van der Waals surface area (Å²) in [6.07, 6.45) is -3.32. The Hall–Kier alpha value is -1.13. The molecule has 1 aromatic rings. The van der Waals surface area contributed by atoms with Gasteiger partial charge in [0.2, 0.25) is 0 Å². The summed E-state index contributed by atoms with van der Waals surface area (Å²) in [5.74, 6) is 0. The Bertz CT molecular complexity index is 512. The van der Waals surface area contributed by atoms with Crippen molar-refractivity contribution in [2.45, 2.75) is 24.7 Å². The molecule has 0 aromatic carbocycles. The number of aromatic nitrogens is 2. The van der Waals surface area contributed by atoms with E-state index in [1.54, 1.807) is 7.05 Å². The minimum Gasteiger partial charge on any atom is -0.316 e. The maximum absolute atomic E-state index is 12.4. The molecule has 0 bridgehead atoms. The normalized spacial score (nSPS) is 13.2. The zero-order chi connectivity index (χ0) is 14.7. The molecule has 0 aliphatic carbocycles. The van der Waals surface area contributed by atoms with Crippen LogP contribution in [0.4, 0.5) is 13.2 Å². The van der Waals surface area contributed by atoms with E-state index in [0.717, 1.165) is 0 Å². The van der Waals surface area contributed by atoms with E-state index in [0.29, 0.717) is 9.87 Å². The molecule has 1 heterocycles. The molecule has 0 atom stereocenters. The third-order valence-electron chi connectivity index (χ3n) is 2.35. The van der Waals surface area contributed by atoms with Crippen molar-refractivity contribution in [3.05, 3.63) is 11.8 Å². The topological polar surface area (TPSA) is 78.1 Å². The van der Waals surface area contributed by atoms with Crippen molar-refractivity contribution in [2.75, 3.05) is 20.1 Å². The SMILES string of the molecule is CCN(CC(F)(F)F)S(=O)(=O)c1[nH]ncc1CNC. The Labute approximate surface area is 109 Å². The molecular formula is C9H15F3N4O2S. The Morgan fingerprint density at radius 3 is 2.58 bits per heavy atom. The molecule has 0 saturated carbocycles. The molecule has 0 unspecified atom stereocenters. The van der Waals surface area contributed by atoms with Crippen LogP contribution in [-0.2, 0) is 16.6 Å². The summed E-state index contributed by atoms with van der Waals surface area (Å²) >= 11 is 0. The molecular weight excluding hydrogens is 285 g/mol. The highest BCUT2D eigenvalue weighted by Crippen LogP contribution is 2.23. The van der Waals surface area contributed by atoms with Gasteiger partial charge in [0, 0.05) is 18.7 Å². The molecule has 110 valence electrons. The molecule has 0 spiro atoms. The lowest BCUT2D eigenvalue weighted by atomic mass is 10.4. The lowest BCUT2D eigenvalue weighted by Gasteiger charge is -2.21. The smallest absolute Gasteiger partial charge is 0.316 e. The van der Waals surface area contributed by atoms with E-state index < -0.39 is 22.7 Å². The van der Waals surface area contributed by atoms with Crippen molar-refractivity contribution >= 4 is 10.0 Å². The summed E-state index contributed by atoms with van der Waals surface area (Å²) in [6, 6.07) is 0. The number of hydrogen-bond acceptors (Lipinski definition) is 4. The van der Waals surface area contributed by atoms with E-state index in [1.807, 2.05) is 0 Å². The van der Waals surface area contributed by atoms with Crippen molar-refractivity contribution in [3.8, 4) is 0 Å². The first-order chi connectivity index (χ1) is 8.72. The molecule has 1 aromatic heterocycles. The maximum atomic E-state index is 12.4. The van der Waals surface area contributed by atoms with Gasteiger partial charge in [-0.1, -0.05) is 6.92 Å². The minimum atomic E-state index is -4.59. The van der Waals surface area contributed by atoms with Crippen molar-refractivity contribution in [2.24, 2.45) is 0 Å². The Kier molecular flexibility index (Phi) is 4.93. The summed E-state index contributed by atoms with van der Waals surface area (Å²) in [5, 5.41) is 8.22. The van der Waals surface area contributed by atoms with E-state index >= 15 is 0 Å². The average Bonchev–Trinajstić information content (AvgIpc) is 2.74. The van der Waals surface area contributed by atoms with Crippen LogP contribution in [0.25, 0.3) is 0 Å². The van der Waals surface area contributed by atoms with E-state index in [2.05, 4.69) is 15.5 Å². The summed E-state index contributed by atoms with van der Waals surface area (Å²) < 4.78 is 61.7. The predicted molar refractivity (Wildman–Crippen MR) is 61.8 cm³/mol. The Morgan fingerprint density at radius 2 is 2.11 bits per heavy atom. The first kappa shape index (κ1) is 15.9. The highest BCUT2D eigenvalue weighted by Gasteiger charge is 2.37. The first-order valence-electron chi connectivity index (χ1n) is 5.46. The number of H-pyrrole nitrogens is 1. The highest BCUT2D eigenvalue weighted by atomic mass is 32.2. The number of sulfonamides is 1. The maximum Gasteiger partial charge on any atom is 0.402 e. The van der Waals surface area contributed by atoms with Crippen LogP contribution in [0.1, 0.15) is 12.5 Å². The third-order valence-corrected chi connectivity index (χ3v) is 4.29. The van der Waals surface area contributed by atoms with Gasteiger partial charge >= 0.3 is 6.18 Å². The molecule has 6 nitrogen and oxygen atoms in total. The summed E-state index contributed by atoms with van der Waals surface area (Å²) in [7, 11) is -2.64. The van der Waals surface area contributed by atoms with Crippen LogP contribution in [0, 0.1) is 0 Å². The van der Waals surface area contributed by atoms with Gasteiger partial charge in [0.1, 0.15) is 6.54 Å². The van der Waals surface area contributed by atoms with Crippen molar-refractivity contribution < 1.29 is 21.6 Å². The van der Waals surface area contributed by atoms with Gasteiger partial charge in [0.25, 0.3) is 10.0 Å². The zero-order valence-electron chi connectivity index (χ0n) is 10.5. The van der Waals surface area contributed by atoms with Crippen LogP contribution >= 0.6 is 0 Å². The second-order valence-corrected chi connectivity index (χ2v) is 5.68. The molecule has 10 heteroatoms. The molecule has 0 amide bonds. The van der Waals surface area contributed by atoms with Crippen LogP contribution in [0.2, 0.25) is 0 Å². The summed E-state index contributed by atoms with van der Waals surface area (Å²) in [5.41, 5.74) is 0.295. The first-order valence-corrected chi connectivity index (χ1v) is 6.90. The van der Waals surface area contributed by atoms with Gasteiger partial charge in [-0.25, -0.2) is 8.42 Å². The number of halogens is 3. The summed E-state index contributed by atoms with van der Waals surface area (Å²) in [6.45, 7) is -0.268. The van der Waals surface area contributed by atoms with Crippen LogP contribution < -0.4 is 5.32 Å². The molecule has 0 saturated heterocycles. The lowest BCUT2D eigenvalue weighted by Crippen LogP contribution is -2.39. The van der Waals surface area contributed by atoms with Gasteiger partial charge in [-0.15, -0.1) is 0 Å². The molecule has 2 N–H and O–H groups in total. The standard InChI is InChI=1S/C9H15F3N4O2S/c1-3-16(6-9(10,11)12)19(17,18)8-7(4-13-2)5-14-15-8/h5,13H,3-4,6H2,1-2H3,(H,14,15). The number of nitrogens with zero attached hydrogens (tertiary/aromatic N) is 2. The number of rotatable bonds is 6. The van der Waals surface area contributed by atoms with Crippen molar-refractivity contribution in [1.29, 1.82) is 0 Å². The van der Waals surface area contributed by atoms with E-state index in [1.165, 1.54) is 13.1 Å². The lowest BCUT2D eigenvalue weighted by molar-refractivity contribution is -0.135. The predicted octanol–water partition coefficient (Wildman–Crippen LogP) is 0.702. The van der Waals surface area contributed by atoms with Gasteiger partial charge in [0.15, 0.2) is 5.03 Å². The average molecular weight is 300 g/mol. The number of hydrogen-bond donors (Lipinski definition) is 2. The van der Waals surface area contributed by atoms with Crippen molar-refractivity contribution in [1.82, 2.24) is 19.8 Å². The molecule has 1 rings (SSSR count). The van der Waals surface area contributed by atoms with Crippen LogP contribution in [-0.4, -0.2) is 49.2 Å². The van der Waals surface area contributed by atoms with Crippen LogP contribution in [0.5, 0.6) is 0 Å². The second-order valence-electron chi connectivity index (χ2n) is 3.80. The van der Waals surface area contributed by atoms with Gasteiger partial charge in [-0.2, -0.15) is 22.6 Å². The fourth-order valence-corrected chi connectivity index (χ4v) is 3.07. The summed E-state index contributed by atoms with van der Waals surface area (Å²) in [4.78, 5) is 0. The van der Waals surface area contributed by atoms with Crippen molar-refractivity contribution in [3.63, 3.8) is 0 Å². The van der Waals surface area contributed by atoms with E-state index in [9.17, 15) is 21.6 Å². The number of alkyl halides is 3. The number of nitrogens with one attached hydrogen (secondary N) is 2. The third kappa shape index (κ3) is 3.91. The number of aromatic amines is 1. The Morgan fingerprint density at radius 1 is 1.47 bits per heavy atom. The molecule has 19 heavy (non-hydrogen) atoms. The van der Waals surface area contributed by atoms with Crippen LogP contribution in [0.3, 0.4) is 0 Å². The van der Waals surface area contributed by atoms with E-state index in [-0.39, 0.29) is 18.1 Å². The Balaban J connectivity index is 3.10. The molecule has 0 fully saturated rings. The van der Waals surface area contributed by atoms with Gasteiger partial charge in [-0.05, 0) is 7.05 Å². The van der Waals surface area contributed by atoms with E-state index in [4.69, 9.17) is 0 Å². The highest BCUT2D eigenvalue weighted by molar-refractivity contribution is 7.89. The largest absolute Gasteiger partial charge is 0.402 e. The fourth-order valence-electron chi connectivity index (χ4n) is 1.53.